The second-order valence-corrected chi connectivity index (χ2v) is 5.29. The van der Waals surface area contributed by atoms with Crippen molar-refractivity contribution in [3.05, 3.63) is 81.4 Å². The van der Waals surface area contributed by atoms with Crippen molar-refractivity contribution >= 4 is 23.3 Å². The van der Waals surface area contributed by atoms with E-state index < -0.39 is 0 Å². The van der Waals surface area contributed by atoms with Gasteiger partial charge in [0.15, 0.2) is 5.82 Å². The minimum Gasteiger partial charge on any atom is -0.363 e. The largest absolute Gasteiger partial charge is 0.363 e. The SMILES string of the molecule is O=C(Nc1ccon1)c1ccc(=O)n(Cc2cccc(Cl)c2)c1. The summed E-state index contributed by atoms with van der Waals surface area (Å²) >= 11 is 5.94. The fourth-order valence-electron chi connectivity index (χ4n) is 2.09. The van der Waals surface area contributed by atoms with Gasteiger partial charge in [-0.05, 0) is 23.8 Å². The molecule has 0 aliphatic heterocycles. The van der Waals surface area contributed by atoms with E-state index in [9.17, 15) is 9.59 Å². The van der Waals surface area contributed by atoms with E-state index in [0.717, 1.165) is 5.56 Å². The second-order valence-electron chi connectivity index (χ2n) is 4.85. The Kier molecular flexibility index (Phi) is 4.25. The van der Waals surface area contributed by atoms with Gasteiger partial charge in [0.05, 0.1) is 12.1 Å². The molecule has 0 fully saturated rings. The van der Waals surface area contributed by atoms with Gasteiger partial charge in [-0.1, -0.05) is 28.9 Å². The Bertz CT molecular complexity index is 888. The molecule has 3 rings (SSSR count). The Balaban J connectivity index is 1.84. The lowest BCUT2D eigenvalue weighted by Crippen LogP contribution is -2.22. The third-order valence-electron chi connectivity index (χ3n) is 3.17. The van der Waals surface area contributed by atoms with Crippen LogP contribution in [-0.2, 0) is 6.54 Å². The van der Waals surface area contributed by atoms with E-state index in [4.69, 9.17) is 11.6 Å². The van der Waals surface area contributed by atoms with Gasteiger partial charge < -0.3 is 14.4 Å². The molecule has 1 aromatic carbocycles. The molecule has 1 N–H and O–H groups in total. The molecule has 0 aliphatic carbocycles. The molecule has 0 spiro atoms. The highest BCUT2D eigenvalue weighted by Crippen LogP contribution is 2.12. The number of halogens is 1. The summed E-state index contributed by atoms with van der Waals surface area (Å²) in [6, 6.07) is 11.5. The van der Waals surface area contributed by atoms with Crippen LogP contribution in [0, 0.1) is 0 Å². The summed E-state index contributed by atoms with van der Waals surface area (Å²) in [6.07, 6.45) is 2.86. The molecule has 0 saturated heterocycles. The Hall–Kier alpha value is -2.86. The topological polar surface area (TPSA) is 77.1 Å². The fourth-order valence-corrected chi connectivity index (χ4v) is 2.30. The average Bonchev–Trinajstić information content (AvgIpc) is 3.02. The molecule has 0 radical (unpaired) electrons. The van der Waals surface area contributed by atoms with Crippen LogP contribution in [0.3, 0.4) is 0 Å². The number of benzene rings is 1. The third-order valence-corrected chi connectivity index (χ3v) is 3.40. The zero-order valence-corrected chi connectivity index (χ0v) is 12.7. The van der Waals surface area contributed by atoms with Crippen molar-refractivity contribution in [2.24, 2.45) is 0 Å². The number of carbonyl (C=O) groups excluding carboxylic acids is 1. The Labute approximate surface area is 136 Å². The van der Waals surface area contributed by atoms with E-state index in [1.54, 1.807) is 12.1 Å². The summed E-state index contributed by atoms with van der Waals surface area (Å²) in [5.41, 5.74) is 1.01. The normalized spacial score (nSPS) is 10.5. The van der Waals surface area contributed by atoms with Gasteiger partial charge in [0, 0.05) is 23.4 Å². The molecule has 7 heteroatoms. The van der Waals surface area contributed by atoms with E-state index >= 15 is 0 Å². The van der Waals surface area contributed by atoms with Crippen molar-refractivity contribution in [2.75, 3.05) is 5.32 Å². The molecule has 0 aliphatic rings. The lowest BCUT2D eigenvalue weighted by atomic mass is 10.2. The van der Waals surface area contributed by atoms with Crippen molar-refractivity contribution < 1.29 is 9.32 Å². The summed E-state index contributed by atoms with van der Waals surface area (Å²) in [6.45, 7) is 0.324. The molecular weight excluding hydrogens is 318 g/mol. The molecule has 0 saturated carbocycles. The molecule has 116 valence electrons. The third kappa shape index (κ3) is 3.67. The number of anilines is 1. The lowest BCUT2D eigenvalue weighted by Gasteiger charge is -2.08. The molecule has 0 bridgehead atoms. The Morgan fingerprint density at radius 2 is 2.13 bits per heavy atom. The number of hydrogen-bond acceptors (Lipinski definition) is 4. The predicted octanol–water partition coefficient (Wildman–Crippen LogP) is 2.79. The van der Waals surface area contributed by atoms with Gasteiger partial charge in [-0.25, -0.2) is 0 Å². The smallest absolute Gasteiger partial charge is 0.258 e. The first-order chi connectivity index (χ1) is 11.1. The highest BCUT2D eigenvalue weighted by Gasteiger charge is 2.10. The van der Waals surface area contributed by atoms with Gasteiger partial charge in [0.2, 0.25) is 0 Å². The van der Waals surface area contributed by atoms with Crippen LogP contribution in [0.5, 0.6) is 0 Å². The molecule has 3 aromatic rings. The van der Waals surface area contributed by atoms with Crippen molar-refractivity contribution in [1.82, 2.24) is 9.72 Å². The first-order valence-corrected chi connectivity index (χ1v) is 7.16. The van der Waals surface area contributed by atoms with Crippen LogP contribution in [0.2, 0.25) is 5.02 Å². The average molecular weight is 330 g/mol. The van der Waals surface area contributed by atoms with Crippen LogP contribution in [0.4, 0.5) is 5.82 Å². The molecule has 2 heterocycles. The molecule has 23 heavy (non-hydrogen) atoms. The maximum atomic E-state index is 12.2. The molecule has 6 nitrogen and oxygen atoms in total. The summed E-state index contributed by atoms with van der Waals surface area (Å²) in [5, 5.41) is 6.78. The van der Waals surface area contributed by atoms with Gasteiger partial charge in [-0.3, -0.25) is 9.59 Å². The minimum atomic E-state index is -0.376. The number of nitrogens with zero attached hydrogens (tertiary/aromatic N) is 2. The van der Waals surface area contributed by atoms with E-state index in [2.05, 4.69) is 15.0 Å². The van der Waals surface area contributed by atoms with Crippen LogP contribution in [0.25, 0.3) is 0 Å². The zero-order valence-electron chi connectivity index (χ0n) is 11.9. The number of amides is 1. The quantitative estimate of drug-likeness (QED) is 0.798. The van der Waals surface area contributed by atoms with Gasteiger partial charge in [-0.2, -0.15) is 0 Å². The Morgan fingerprint density at radius 1 is 1.26 bits per heavy atom. The van der Waals surface area contributed by atoms with Gasteiger partial charge in [0.25, 0.3) is 11.5 Å². The van der Waals surface area contributed by atoms with E-state index in [1.165, 1.54) is 35.2 Å². The summed E-state index contributed by atoms with van der Waals surface area (Å²) < 4.78 is 6.10. The van der Waals surface area contributed by atoms with E-state index in [1.807, 2.05) is 12.1 Å². The maximum absolute atomic E-state index is 12.2. The first kappa shape index (κ1) is 15.1. The Morgan fingerprint density at radius 3 is 2.87 bits per heavy atom. The second kappa shape index (κ2) is 6.50. The van der Waals surface area contributed by atoms with Gasteiger partial charge >= 0.3 is 0 Å². The van der Waals surface area contributed by atoms with Crippen LogP contribution < -0.4 is 10.9 Å². The molecular formula is C16H12ClN3O3. The number of hydrogen-bond donors (Lipinski definition) is 1. The van der Waals surface area contributed by atoms with Crippen molar-refractivity contribution in [1.29, 1.82) is 0 Å². The number of pyridine rings is 1. The molecule has 0 atom stereocenters. The standard InChI is InChI=1S/C16H12ClN3O3/c17-13-3-1-2-11(8-13)9-20-10-12(4-5-15(20)21)16(22)18-14-6-7-23-19-14/h1-8,10H,9H2,(H,18,19,22). The minimum absolute atomic E-state index is 0.206. The number of aromatic nitrogens is 2. The molecule has 2 aromatic heterocycles. The molecule has 1 amide bonds. The number of nitrogens with one attached hydrogen (secondary N) is 1. The number of carbonyl (C=O) groups is 1. The van der Waals surface area contributed by atoms with E-state index in [-0.39, 0.29) is 11.5 Å². The monoisotopic (exact) mass is 329 g/mol. The van der Waals surface area contributed by atoms with Crippen molar-refractivity contribution in [3.8, 4) is 0 Å². The maximum Gasteiger partial charge on any atom is 0.258 e. The highest BCUT2D eigenvalue weighted by atomic mass is 35.5. The van der Waals surface area contributed by atoms with Crippen molar-refractivity contribution in [3.63, 3.8) is 0 Å². The summed E-state index contributed by atoms with van der Waals surface area (Å²) in [5.74, 6) is -0.0682. The van der Waals surface area contributed by atoms with Crippen LogP contribution >= 0.6 is 11.6 Å². The predicted molar refractivity (Wildman–Crippen MR) is 85.7 cm³/mol. The number of rotatable bonds is 4. The summed E-state index contributed by atoms with van der Waals surface area (Å²) in [7, 11) is 0. The summed E-state index contributed by atoms with van der Waals surface area (Å²) in [4.78, 5) is 24.1. The lowest BCUT2D eigenvalue weighted by molar-refractivity contribution is 0.102. The van der Waals surface area contributed by atoms with Gasteiger partial charge in [0.1, 0.15) is 6.26 Å². The van der Waals surface area contributed by atoms with Crippen molar-refractivity contribution in [2.45, 2.75) is 6.54 Å². The highest BCUT2D eigenvalue weighted by molar-refractivity contribution is 6.30. The first-order valence-electron chi connectivity index (χ1n) is 6.78. The van der Waals surface area contributed by atoms with Crippen LogP contribution in [0.1, 0.15) is 15.9 Å². The fraction of sp³-hybridized carbons (Fsp3) is 0.0625. The zero-order chi connectivity index (χ0) is 16.2. The van der Waals surface area contributed by atoms with Crippen LogP contribution in [-0.4, -0.2) is 15.6 Å². The molecule has 0 unspecified atom stereocenters. The van der Waals surface area contributed by atoms with Crippen LogP contribution in [0.15, 0.2) is 64.2 Å². The van der Waals surface area contributed by atoms with E-state index in [0.29, 0.717) is 22.9 Å². The van der Waals surface area contributed by atoms with Gasteiger partial charge in [-0.15, -0.1) is 0 Å².